The number of nitrogens with zero attached hydrogens (tertiary/aromatic N) is 2. The average molecular weight is 214 g/mol. The molecule has 3 nitrogen and oxygen atoms in total. The van der Waals surface area contributed by atoms with Gasteiger partial charge >= 0.3 is 0 Å². The Morgan fingerprint density at radius 1 is 1.56 bits per heavy atom. The Labute approximate surface area is 95.5 Å². The zero-order valence-electron chi connectivity index (χ0n) is 9.10. The van der Waals surface area contributed by atoms with Gasteiger partial charge in [0.1, 0.15) is 0 Å². The number of terminal acetylenes is 1. The van der Waals surface area contributed by atoms with Gasteiger partial charge in [-0.3, -0.25) is 9.78 Å². The smallest absolute Gasteiger partial charge is 0.223 e. The first-order valence-electron chi connectivity index (χ1n) is 5.43. The molecule has 0 aromatic carbocycles. The van der Waals surface area contributed by atoms with Crippen LogP contribution in [0.25, 0.3) is 0 Å². The summed E-state index contributed by atoms with van der Waals surface area (Å²) in [7, 11) is 0. The van der Waals surface area contributed by atoms with Gasteiger partial charge in [0.25, 0.3) is 0 Å². The summed E-state index contributed by atoms with van der Waals surface area (Å²) in [6, 6.07) is 5.82. The van der Waals surface area contributed by atoms with Crippen molar-refractivity contribution in [1.29, 1.82) is 0 Å². The Morgan fingerprint density at radius 2 is 2.44 bits per heavy atom. The summed E-state index contributed by atoms with van der Waals surface area (Å²) in [5.74, 6) is 2.90. The second-order valence-electron chi connectivity index (χ2n) is 3.98. The van der Waals surface area contributed by atoms with E-state index in [0.29, 0.717) is 19.5 Å². The zero-order valence-corrected chi connectivity index (χ0v) is 9.10. The Hall–Kier alpha value is -1.82. The van der Waals surface area contributed by atoms with Crippen LogP contribution in [0, 0.1) is 18.3 Å². The highest BCUT2D eigenvalue weighted by Crippen LogP contribution is 2.16. The molecule has 82 valence electrons. The molecule has 1 amide bonds. The second-order valence-corrected chi connectivity index (χ2v) is 3.98. The van der Waals surface area contributed by atoms with Crippen LogP contribution < -0.4 is 0 Å². The molecule has 1 aliphatic heterocycles. The predicted molar refractivity (Wildman–Crippen MR) is 61.5 cm³/mol. The molecule has 3 heteroatoms. The van der Waals surface area contributed by atoms with Crippen molar-refractivity contribution in [2.45, 2.75) is 12.8 Å². The quantitative estimate of drug-likeness (QED) is 0.706. The van der Waals surface area contributed by atoms with E-state index in [-0.39, 0.29) is 11.8 Å². The third kappa shape index (κ3) is 2.40. The van der Waals surface area contributed by atoms with Crippen molar-refractivity contribution < 1.29 is 4.79 Å². The summed E-state index contributed by atoms with van der Waals surface area (Å²) in [6.45, 7) is 1.41. The van der Waals surface area contributed by atoms with E-state index < -0.39 is 0 Å². The number of hydrogen-bond acceptors (Lipinski definition) is 2. The number of likely N-dealkylation sites (tertiary alicyclic amines) is 1. The van der Waals surface area contributed by atoms with Crippen LogP contribution in [0.1, 0.15) is 12.1 Å². The lowest BCUT2D eigenvalue weighted by Gasteiger charge is -2.15. The van der Waals surface area contributed by atoms with Crippen LogP contribution in [-0.2, 0) is 11.2 Å². The number of hydrogen-bond donors (Lipinski definition) is 0. The van der Waals surface area contributed by atoms with Crippen LogP contribution >= 0.6 is 0 Å². The summed E-state index contributed by atoms with van der Waals surface area (Å²) >= 11 is 0. The van der Waals surface area contributed by atoms with E-state index in [1.165, 1.54) is 0 Å². The second kappa shape index (κ2) is 4.80. The topological polar surface area (TPSA) is 33.2 Å². The molecule has 1 unspecified atom stereocenters. The van der Waals surface area contributed by atoms with Crippen molar-refractivity contribution in [3.63, 3.8) is 0 Å². The van der Waals surface area contributed by atoms with Crippen molar-refractivity contribution in [3.05, 3.63) is 30.1 Å². The molecule has 1 aromatic rings. The van der Waals surface area contributed by atoms with E-state index in [9.17, 15) is 4.79 Å². The third-order valence-electron chi connectivity index (χ3n) is 2.81. The van der Waals surface area contributed by atoms with Crippen LogP contribution in [0.15, 0.2) is 24.4 Å². The van der Waals surface area contributed by atoms with E-state index in [4.69, 9.17) is 6.42 Å². The van der Waals surface area contributed by atoms with E-state index in [1.807, 2.05) is 23.1 Å². The number of rotatable bonds is 3. The molecule has 0 N–H and O–H groups in total. The van der Waals surface area contributed by atoms with E-state index in [2.05, 4.69) is 10.9 Å². The lowest BCUT2D eigenvalue weighted by molar-refractivity contribution is -0.127. The standard InChI is InChI=1S/C13H14N2O/c1-2-11-9-13(16)15(10-11)8-6-12-5-3-4-7-14-12/h1,3-5,7,11H,6,8-10H2. The fraction of sp³-hybridized carbons (Fsp3) is 0.385. The minimum Gasteiger partial charge on any atom is -0.341 e. The minimum absolute atomic E-state index is 0.0937. The van der Waals surface area contributed by atoms with Crippen LogP contribution in [0.2, 0.25) is 0 Å². The van der Waals surface area contributed by atoms with Gasteiger partial charge in [0, 0.05) is 43.7 Å². The van der Waals surface area contributed by atoms with Crippen molar-refractivity contribution in [3.8, 4) is 12.3 Å². The molecule has 2 rings (SSSR count). The minimum atomic E-state index is 0.0937. The number of amides is 1. The van der Waals surface area contributed by atoms with Crippen LogP contribution in [0.4, 0.5) is 0 Å². The fourth-order valence-corrected chi connectivity index (χ4v) is 1.90. The van der Waals surface area contributed by atoms with Gasteiger partial charge < -0.3 is 4.90 Å². The van der Waals surface area contributed by atoms with E-state index in [1.54, 1.807) is 6.20 Å². The first-order valence-corrected chi connectivity index (χ1v) is 5.43. The van der Waals surface area contributed by atoms with Crippen LogP contribution in [-0.4, -0.2) is 28.9 Å². The molecule has 2 heterocycles. The molecule has 1 fully saturated rings. The van der Waals surface area contributed by atoms with Crippen molar-refractivity contribution in [2.24, 2.45) is 5.92 Å². The van der Waals surface area contributed by atoms with Gasteiger partial charge in [-0.2, -0.15) is 0 Å². The molecule has 0 spiro atoms. The van der Waals surface area contributed by atoms with Crippen molar-refractivity contribution in [1.82, 2.24) is 9.88 Å². The molecule has 1 aliphatic rings. The highest BCUT2D eigenvalue weighted by atomic mass is 16.2. The number of carbonyl (C=O) groups excluding carboxylic acids is 1. The Morgan fingerprint density at radius 3 is 3.06 bits per heavy atom. The molecule has 16 heavy (non-hydrogen) atoms. The molecule has 0 radical (unpaired) electrons. The summed E-state index contributed by atoms with van der Waals surface area (Å²) in [5.41, 5.74) is 1.01. The van der Waals surface area contributed by atoms with Crippen LogP contribution in [0.5, 0.6) is 0 Å². The molecular formula is C13H14N2O. The molecule has 0 saturated carbocycles. The van der Waals surface area contributed by atoms with Crippen molar-refractivity contribution >= 4 is 5.91 Å². The lowest BCUT2D eigenvalue weighted by atomic mass is 10.1. The monoisotopic (exact) mass is 214 g/mol. The fourth-order valence-electron chi connectivity index (χ4n) is 1.90. The van der Waals surface area contributed by atoms with Gasteiger partial charge in [-0.15, -0.1) is 12.3 Å². The van der Waals surface area contributed by atoms with E-state index in [0.717, 1.165) is 12.1 Å². The van der Waals surface area contributed by atoms with Gasteiger partial charge in [0.05, 0.1) is 0 Å². The summed E-state index contributed by atoms with van der Waals surface area (Å²) in [4.78, 5) is 17.6. The van der Waals surface area contributed by atoms with E-state index >= 15 is 0 Å². The zero-order chi connectivity index (χ0) is 11.4. The van der Waals surface area contributed by atoms with Gasteiger partial charge in [0.15, 0.2) is 0 Å². The highest BCUT2D eigenvalue weighted by Gasteiger charge is 2.27. The number of carbonyl (C=O) groups is 1. The molecule has 0 bridgehead atoms. The van der Waals surface area contributed by atoms with Crippen molar-refractivity contribution in [2.75, 3.05) is 13.1 Å². The third-order valence-corrected chi connectivity index (χ3v) is 2.81. The van der Waals surface area contributed by atoms with Gasteiger partial charge in [-0.25, -0.2) is 0 Å². The molecule has 1 saturated heterocycles. The Balaban J connectivity index is 1.88. The van der Waals surface area contributed by atoms with Gasteiger partial charge in [0.2, 0.25) is 5.91 Å². The summed E-state index contributed by atoms with van der Waals surface area (Å²) in [5, 5.41) is 0. The maximum absolute atomic E-state index is 11.6. The van der Waals surface area contributed by atoms with Gasteiger partial charge in [-0.1, -0.05) is 6.07 Å². The van der Waals surface area contributed by atoms with Gasteiger partial charge in [-0.05, 0) is 12.1 Å². The first kappa shape index (κ1) is 10.7. The molecular weight excluding hydrogens is 200 g/mol. The highest BCUT2D eigenvalue weighted by molar-refractivity contribution is 5.79. The first-order chi connectivity index (χ1) is 7.79. The normalized spacial score (nSPS) is 19.8. The Bertz CT molecular complexity index is 408. The molecule has 1 atom stereocenters. The average Bonchev–Trinajstić information content (AvgIpc) is 2.69. The summed E-state index contributed by atoms with van der Waals surface area (Å²) in [6.07, 6.45) is 8.39. The molecule has 1 aromatic heterocycles. The summed E-state index contributed by atoms with van der Waals surface area (Å²) < 4.78 is 0. The largest absolute Gasteiger partial charge is 0.341 e. The predicted octanol–water partition coefficient (Wildman–Crippen LogP) is 1.11. The maximum atomic E-state index is 11.6. The number of pyridine rings is 1. The number of aromatic nitrogens is 1. The Kier molecular flexibility index (Phi) is 3.21. The maximum Gasteiger partial charge on any atom is 0.223 e. The van der Waals surface area contributed by atoms with Crippen LogP contribution in [0.3, 0.4) is 0 Å². The lowest BCUT2D eigenvalue weighted by Crippen LogP contribution is -2.27. The molecule has 0 aliphatic carbocycles. The SMILES string of the molecule is C#CC1CC(=O)N(CCc2ccccn2)C1.